The molecule has 2 heterocycles. The summed E-state index contributed by atoms with van der Waals surface area (Å²) in [6, 6.07) is 16.6. The van der Waals surface area contributed by atoms with Gasteiger partial charge in [-0.1, -0.05) is 18.2 Å². The van der Waals surface area contributed by atoms with E-state index in [0.717, 1.165) is 0 Å². The molecule has 30 heavy (non-hydrogen) atoms. The molecule has 2 N–H and O–H groups in total. The van der Waals surface area contributed by atoms with E-state index in [-0.39, 0.29) is 11.5 Å². The first-order valence-corrected chi connectivity index (χ1v) is 10.4. The van der Waals surface area contributed by atoms with E-state index in [4.69, 9.17) is 28.5 Å². The van der Waals surface area contributed by atoms with Crippen LogP contribution in [-0.4, -0.2) is 22.9 Å². The minimum Gasteiger partial charge on any atom is -0.497 e. The van der Waals surface area contributed by atoms with Crippen molar-refractivity contribution < 1.29 is 37.9 Å². The molecule has 0 saturated carbocycles. The lowest BCUT2D eigenvalue weighted by atomic mass is 9.77. The molecule has 0 aromatic heterocycles. The Kier molecular flexibility index (Phi) is 3.95. The molecular weight excluding hydrogens is 411 g/mol. The van der Waals surface area contributed by atoms with E-state index in [1.165, 1.54) is 19.2 Å². The molecule has 3 aromatic carbocycles. The zero-order valence-corrected chi connectivity index (χ0v) is 16.5. The van der Waals surface area contributed by atoms with Crippen LogP contribution < -0.4 is 14.0 Å². The Morgan fingerprint density at radius 2 is 1.53 bits per heavy atom. The fourth-order valence-electron chi connectivity index (χ4n) is 3.96. The summed E-state index contributed by atoms with van der Waals surface area (Å²) in [4.78, 5) is 31.0. The molecule has 0 aliphatic carbocycles. The van der Waals surface area contributed by atoms with Gasteiger partial charge in [0.25, 0.3) is 0 Å². The second-order valence-electron chi connectivity index (χ2n) is 6.82. The van der Waals surface area contributed by atoms with Crippen molar-refractivity contribution in [2.45, 2.75) is 5.60 Å². The fourth-order valence-corrected chi connectivity index (χ4v) is 4.35. The van der Waals surface area contributed by atoms with Gasteiger partial charge in [-0.3, -0.25) is 9.79 Å². The van der Waals surface area contributed by atoms with Crippen molar-refractivity contribution in [1.29, 1.82) is 0 Å². The number of esters is 1. The Balaban J connectivity index is 1.78. The highest BCUT2D eigenvalue weighted by molar-refractivity contribution is 7.46. The Labute approximate surface area is 170 Å². The zero-order valence-electron chi connectivity index (χ0n) is 15.6. The van der Waals surface area contributed by atoms with E-state index in [0.29, 0.717) is 33.8 Å². The average Bonchev–Trinajstić information content (AvgIpc) is 3.00. The highest BCUT2D eigenvalue weighted by atomic mass is 31.2. The maximum Gasteiger partial charge on any atom is 0.524 e. The SMILES string of the molecule is COc1ccc2c(c1)Oc1cc(OP(=O)(O)O)ccc1[C@]21OC(=O)c2ccccc21. The monoisotopic (exact) mass is 426 g/mol. The number of phosphoric ester groups is 1. The van der Waals surface area contributed by atoms with Crippen LogP contribution in [0.2, 0.25) is 0 Å². The first-order valence-electron chi connectivity index (χ1n) is 8.91. The van der Waals surface area contributed by atoms with Crippen LogP contribution in [0.1, 0.15) is 27.0 Å². The van der Waals surface area contributed by atoms with E-state index in [9.17, 15) is 9.36 Å². The van der Waals surface area contributed by atoms with Crippen molar-refractivity contribution in [2.75, 3.05) is 7.11 Å². The molecule has 2 aliphatic heterocycles. The van der Waals surface area contributed by atoms with Gasteiger partial charge >= 0.3 is 13.8 Å². The first-order chi connectivity index (χ1) is 14.3. The third kappa shape index (κ3) is 2.69. The van der Waals surface area contributed by atoms with Gasteiger partial charge < -0.3 is 18.7 Å². The molecule has 1 atom stereocenters. The van der Waals surface area contributed by atoms with Crippen molar-refractivity contribution in [3.8, 4) is 23.0 Å². The van der Waals surface area contributed by atoms with Crippen molar-refractivity contribution in [1.82, 2.24) is 0 Å². The quantitative estimate of drug-likeness (QED) is 0.481. The van der Waals surface area contributed by atoms with Crippen molar-refractivity contribution in [2.24, 2.45) is 0 Å². The Morgan fingerprint density at radius 3 is 2.20 bits per heavy atom. The average molecular weight is 426 g/mol. The highest BCUT2D eigenvalue weighted by Gasteiger charge is 2.53. The normalized spacial score (nSPS) is 18.7. The number of methoxy groups -OCH3 is 1. The van der Waals surface area contributed by atoms with Gasteiger partial charge in [0.05, 0.1) is 12.7 Å². The second-order valence-corrected chi connectivity index (χ2v) is 7.98. The van der Waals surface area contributed by atoms with Gasteiger partial charge in [0, 0.05) is 28.8 Å². The molecule has 1 spiro atoms. The van der Waals surface area contributed by atoms with Crippen LogP contribution in [-0.2, 0) is 14.9 Å². The van der Waals surface area contributed by atoms with Gasteiger partial charge in [0.15, 0.2) is 5.60 Å². The van der Waals surface area contributed by atoms with Crippen LogP contribution in [0.25, 0.3) is 0 Å². The van der Waals surface area contributed by atoms with Crippen molar-refractivity contribution in [3.05, 3.63) is 82.9 Å². The van der Waals surface area contributed by atoms with Gasteiger partial charge in [0.2, 0.25) is 0 Å². The van der Waals surface area contributed by atoms with E-state index in [1.54, 1.807) is 36.4 Å². The van der Waals surface area contributed by atoms with Gasteiger partial charge in [-0.25, -0.2) is 9.36 Å². The summed E-state index contributed by atoms with van der Waals surface area (Å²) in [5, 5.41) is 0. The number of benzene rings is 3. The minimum atomic E-state index is -4.76. The van der Waals surface area contributed by atoms with E-state index < -0.39 is 19.4 Å². The number of carbonyl (C=O) groups is 1. The number of phosphoric acid groups is 1. The van der Waals surface area contributed by atoms with Crippen LogP contribution in [0.3, 0.4) is 0 Å². The number of fused-ring (bicyclic) bond motifs is 6. The Morgan fingerprint density at radius 1 is 0.900 bits per heavy atom. The molecule has 2 aliphatic rings. The van der Waals surface area contributed by atoms with Crippen LogP contribution in [0, 0.1) is 0 Å². The number of hydrogen-bond donors (Lipinski definition) is 2. The number of hydrogen-bond acceptors (Lipinski definition) is 6. The summed E-state index contributed by atoms with van der Waals surface area (Å²) in [6.45, 7) is 0. The molecule has 0 radical (unpaired) electrons. The predicted molar refractivity (Wildman–Crippen MR) is 104 cm³/mol. The number of carbonyl (C=O) groups excluding carboxylic acids is 1. The lowest BCUT2D eigenvalue weighted by molar-refractivity contribution is 0.0224. The molecule has 3 aromatic rings. The molecule has 8 nitrogen and oxygen atoms in total. The van der Waals surface area contributed by atoms with Crippen molar-refractivity contribution in [3.63, 3.8) is 0 Å². The molecule has 0 fully saturated rings. The highest BCUT2D eigenvalue weighted by Crippen LogP contribution is 2.57. The van der Waals surface area contributed by atoms with Crippen LogP contribution in [0.5, 0.6) is 23.0 Å². The molecular formula is C21H15O8P. The van der Waals surface area contributed by atoms with Crippen LogP contribution >= 0.6 is 7.82 Å². The maximum atomic E-state index is 12.7. The Bertz CT molecular complexity index is 1250. The molecule has 0 unspecified atom stereocenters. The molecule has 152 valence electrons. The molecule has 0 saturated heterocycles. The van der Waals surface area contributed by atoms with Gasteiger partial charge in [-0.15, -0.1) is 0 Å². The van der Waals surface area contributed by atoms with E-state index in [2.05, 4.69) is 0 Å². The molecule has 0 bridgehead atoms. The number of rotatable bonds is 3. The summed E-state index contributed by atoms with van der Waals surface area (Å²) in [7, 11) is -3.24. The second kappa shape index (κ2) is 6.34. The summed E-state index contributed by atoms with van der Waals surface area (Å²) in [5.41, 5.74) is 0.926. The largest absolute Gasteiger partial charge is 0.524 e. The molecule has 9 heteroatoms. The van der Waals surface area contributed by atoms with Gasteiger partial charge in [0.1, 0.15) is 23.0 Å². The van der Waals surface area contributed by atoms with Crippen molar-refractivity contribution >= 4 is 13.8 Å². The fraction of sp³-hybridized carbons (Fsp3) is 0.0952. The van der Waals surface area contributed by atoms with E-state index >= 15 is 0 Å². The van der Waals surface area contributed by atoms with Crippen LogP contribution in [0.4, 0.5) is 0 Å². The lowest BCUT2D eigenvalue weighted by Gasteiger charge is -2.36. The topological polar surface area (TPSA) is 112 Å². The van der Waals surface area contributed by atoms with Crippen LogP contribution in [0.15, 0.2) is 60.7 Å². The van der Waals surface area contributed by atoms with Gasteiger partial charge in [-0.2, -0.15) is 0 Å². The predicted octanol–water partition coefficient (Wildman–Crippen LogP) is 3.73. The Hall–Kier alpha value is -3.32. The summed E-state index contributed by atoms with van der Waals surface area (Å²) in [5.74, 6) is 0.607. The maximum absolute atomic E-state index is 12.7. The molecule has 5 rings (SSSR count). The van der Waals surface area contributed by atoms with E-state index in [1.807, 2.05) is 12.1 Å². The summed E-state index contributed by atoms with van der Waals surface area (Å²) >= 11 is 0. The minimum absolute atomic E-state index is 0.0822. The van der Waals surface area contributed by atoms with Gasteiger partial charge in [-0.05, 0) is 30.3 Å². The smallest absolute Gasteiger partial charge is 0.497 e. The summed E-state index contributed by atoms with van der Waals surface area (Å²) in [6.07, 6.45) is 0. The first kappa shape index (κ1) is 18.7. The number of ether oxygens (including phenoxy) is 3. The zero-order chi connectivity index (χ0) is 21.1. The third-order valence-corrected chi connectivity index (χ3v) is 5.57. The summed E-state index contributed by atoms with van der Waals surface area (Å²) < 4.78 is 33.2. The third-order valence-electron chi connectivity index (χ3n) is 5.12. The standard InChI is InChI=1S/C21H15O8P/c1-26-12-6-8-16-18(10-12)27-19-11-13(29-30(23,24)25)7-9-17(19)21(16)15-5-3-2-4-14(15)20(22)28-21/h2-11H,1H3,(H2,23,24,25)/t21-/m1/s1. The molecule has 0 amide bonds. The lowest BCUT2D eigenvalue weighted by Crippen LogP contribution is -2.33.